The summed E-state index contributed by atoms with van der Waals surface area (Å²) in [6.45, 7) is 0.901. The van der Waals surface area contributed by atoms with Crippen molar-refractivity contribution in [2.24, 2.45) is 0 Å². The van der Waals surface area contributed by atoms with Crippen molar-refractivity contribution in [2.75, 3.05) is 20.1 Å². The van der Waals surface area contributed by atoms with Crippen molar-refractivity contribution in [3.8, 4) is 12.1 Å². The van der Waals surface area contributed by atoms with E-state index in [1.54, 1.807) is 19.2 Å². The zero-order valence-electron chi connectivity index (χ0n) is 9.19. The van der Waals surface area contributed by atoms with Crippen molar-refractivity contribution in [1.29, 1.82) is 10.5 Å². The molecule has 16 heavy (non-hydrogen) atoms. The second-order valence-electron chi connectivity index (χ2n) is 3.19. The van der Waals surface area contributed by atoms with Gasteiger partial charge >= 0.3 is 0 Å². The van der Waals surface area contributed by atoms with Crippen LogP contribution in [-0.2, 0) is 9.59 Å². The molecule has 0 spiro atoms. The summed E-state index contributed by atoms with van der Waals surface area (Å²) in [5, 5.41) is 19.1. The topological polar surface area (TPSA) is 97.0 Å². The molecule has 0 unspecified atom stereocenters. The van der Waals surface area contributed by atoms with Crippen molar-refractivity contribution >= 4 is 11.8 Å². The van der Waals surface area contributed by atoms with Gasteiger partial charge in [-0.3, -0.25) is 9.59 Å². The Bertz CT molecular complexity index is 327. The van der Waals surface area contributed by atoms with Crippen LogP contribution in [-0.4, -0.2) is 36.9 Å². The normalized spacial score (nSPS) is 8.69. The molecule has 1 N–H and O–H groups in total. The molecule has 0 saturated carbocycles. The Morgan fingerprint density at radius 3 is 2.44 bits per heavy atom. The van der Waals surface area contributed by atoms with E-state index in [2.05, 4.69) is 5.32 Å². The molecule has 0 aliphatic heterocycles. The third kappa shape index (κ3) is 6.39. The molecule has 0 fully saturated rings. The first kappa shape index (κ1) is 13.9. The highest BCUT2D eigenvalue weighted by atomic mass is 16.2. The Hall–Kier alpha value is -2.08. The van der Waals surface area contributed by atoms with Crippen LogP contribution in [0.3, 0.4) is 0 Å². The lowest BCUT2D eigenvalue weighted by molar-refractivity contribution is -0.128. The molecule has 0 radical (unpaired) electrons. The van der Waals surface area contributed by atoms with Crippen molar-refractivity contribution in [2.45, 2.75) is 19.3 Å². The number of nitrogens with one attached hydrogen (secondary N) is 1. The van der Waals surface area contributed by atoms with Gasteiger partial charge in [-0.15, -0.1) is 0 Å². The van der Waals surface area contributed by atoms with Gasteiger partial charge in [0.15, 0.2) is 0 Å². The standard InChI is InChI=1S/C10H14N4O2/c1-14(10(16)4-6-12)8-2-7-13-9(15)3-5-11/h2-4,7-8H2,1H3,(H,13,15). The largest absolute Gasteiger partial charge is 0.355 e. The molecule has 0 aliphatic carbocycles. The van der Waals surface area contributed by atoms with Gasteiger partial charge in [-0.25, -0.2) is 0 Å². The molecule has 0 aliphatic rings. The lowest BCUT2D eigenvalue weighted by atomic mass is 10.3. The molecule has 0 saturated heterocycles. The molecule has 0 aromatic carbocycles. The van der Waals surface area contributed by atoms with Crippen LogP contribution in [0.15, 0.2) is 0 Å². The second-order valence-corrected chi connectivity index (χ2v) is 3.19. The maximum Gasteiger partial charge on any atom is 0.236 e. The van der Waals surface area contributed by atoms with E-state index in [1.165, 1.54) is 4.90 Å². The lowest BCUT2D eigenvalue weighted by Gasteiger charge is -2.15. The van der Waals surface area contributed by atoms with Gasteiger partial charge in [-0.1, -0.05) is 0 Å². The van der Waals surface area contributed by atoms with E-state index in [0.717, 1.165) is 0 Å². The molecular formula is C10H14N4O2. The molecule has 0 heterocycles. The van der Waals surface area contributed by atoms with Gasteiger partial charge in [0.1, 0.15) is 12.8 Å². The van der Waals surface area contributed by atoms with Crippen molar-refractivity contribution < 1.29 is 9.59 Å². The fourth-order valence-electron chi connectivity index (χ4n) is 1.01. The highest BCUT2D eigenvalue weighted by Crippen LogP contribution is 1.91. The summed E-state index contributed by atoms with van der Waals surface area (Å²) in [6.07, 6.45) is 0.325. The summed E-state index contributed by atoms with van der Waals surface area (Å²) in [6, 6.07) is 3.52. The Balaban J connectivity index is 3.60. The Kier molecular flexibility index (Phi) is 7.17. The lowest BCUT2D eigenvalue weighted by Crippen LogP contribution is -2.31. The quantitative estimate of drug-likeness (QED) is 0.628. The average Bonchev–Trinajstić information content (AvgIpc) is 2.24. The molecule has 0 aromatic rings. The van der Waals surface area contributed by atoms with E-state index < -0.39 is 0 Å². The van der Waals surface area contributed by atoms with Crippen LogP contribution in [0, 0.1) is 22.7 Å². The predicted octanol–water partition coefficient (Wildman–Crippen LogP) is -0.222. The number of nitriles is 2. The van der Waals surface area contributed by atoms with Crippen molar-refractivity contribution in [1.82, 2.24) is 10.2 Å². The maximum atomic E-state index is 11.1. The Labute approximate surface area is 94.4 Å². The minimum atomic E-state index is -0.312. The van der Waals surface area contributed by atoms with E-state index in [9.17, 15) is 9.59 Å². The van der Waals surface area contributed by atoms with Gasteiger partial charge in [-0.05, 0) is 6.42 Å². The van der Waals surface area contributed by atoms with Gasteiger partial charge in [-0.2, -0.15) is 10.5 Å². The van der Waals surface area contributed by atoms with Crippen molar-refractivity contribution in [3.05, 3.63) is 0 Å². The highest BCUT2D eigenvalue weighted by Gasteiger charge is 2.07. The molecule has 0 aromatic heterocycles. The fourth-order valence-corrected chi connectivity index (χ4v) is 1.01. The van der Waals surface area contributed by atoms with E-state index >= 15 is 0 Å². The van der Waals surface area contributed by atoms with E-state index in [-0.39, 0.29) is 24.7 Å². The van der Waals surface area contributed by atoms with Crippen LogP contribution in [0.5, 0.6) is 0 Å². The number of carbonyl (C=O) groups excluding carboxylic acids is 2. The van der Waals surface area contributed by atoms with Gasteiger partial charge in [0, 0.05) is 20.1 Å². The minimum Gasteiger partial charge on any atom is -0.355 e. The second kappa shape index (κ2) is 8.25. The third-order valence-electron chi connectivity index (χ3n) is 1.89. The van der Waals surface area contributed by atoms with E-state index in [4.69, 9.17) is 10.5 Å². The molecule has 0 atom stereocenters. The molecule has 2 amide bonds. The molecule has 86 valence electrons. The summed E-state index contributed by atoms with van der Waals surface area (Å²) in [5.41, 5.74) is 0. The Morgan fingerprint density at radius 2 is 1.88 bits per heavy atom. The fraction of sp³-hybridized carbons (Fsp3) is 0.600. The first-order chi connectivity index (χ1) is 7.61. The van der Waals surface area contributed by atoms with E-state index in [1.807, 2.05) is 0 Å². The summed E-state index contributed by atoms with van der Waals surface area (Å²) < 4.78 is 0. The van der Waals surface area contributed by atoms with Gasteiger partial charge < -0.3 is 10.2 Å². The Morgan fingerprint density at radius 1 is 1.25 bits per heavy atom. The maximum absolute atomic E-state index is 11.1. The van der Waals surface area contributed by atoms with Crippen LogP contribution in [0.25, 0.3) is 0 Å². The van der Waals surface area contributed by atoms with Crippen LogP contribution >= 0.6 is 0 Å². The third-order valence-corrected chi connectivity index (χ3v) is 1.89. The first-order valence-corrected chi connectivity index (χ1v) is 4.86. The van der Waals surface area contributed by atoms with Crippen LogP contribution in [0.4, 0.5) is 0 Å². The van der Waals surface area contributed by atoms with Gasteiger partial charge in [0.05, 0.1) is 12.1 Å². The van der Waals surface area contributed by atoms with Crippen LogP contribution < -0.4 is 5.32 Å². The zero-order valence-corrected chi connectivity index (χ0v) is 9.19. The number of hydrogen-bond donors (Lipinski definition) is 1. The molecule has 6 nitrogen and oxygen atoms in total. The SMILES string of the molecule is CN(CCCNC(=O)CC#N)C(=O)CC#N. The monoisotopic (exact) mass is 222 g/mol. The number of hydrogen-bond acceptors (Lipinski definition) is 4. The molecule has 0 bridgehead atoms. The first-order valence-electron chi connectivity index (χ1n) is 4.86. The van der Waals surface area contributed by atoms with Crippen LogP contribution in [0.1, 0.15) is 19.3 Å². The van der Waals surface area contributed by atoms with Gasteiger partial charge in [0.25, 0.3) is 0 Å². The predicted molar refractivity (Wildman–Crippen MR) is 55.7 cm³/mol. The summed E-state index contributed by atoms with van der Waals surface area (Å²) >= 11 is 0. The molecule has 0 rings (SSSR count). The van der Waals surface area contributed by atoms with Crippen LogP contribution in [0.2, 0.25) is 0 Å². The molecular weight excluding hydrogens is 208 g/mol. The smallest absolute Gasteiger partial charge is 0.236 e. The van der Waals surface area contributed by atoms with E-state index in [0.29, 0.717) is 19.5 Å². The zero-order chi connectivity index (χ0) is 12.4. The summed E-state index contributed by atoms with van der Waals surface area (Å²) in [5.74, 6) is -0.542. The average molecular weight is 222 g/mol. The minimum absolute atomic E-state index is 0.128. The summed E-state index contributed by atoms with van der Waals surface area (Å²) in [7, 11) is 1.61. The number of rotatable bonds is 6. The summed E-state index contributed by atoms with van der Waals surface area (Å²) in [4.78, 5) is 23.5. The van der Waals surface area contributed by atoms with Crippen molar-refractivity contribution in [3.63, 3.8) is 0 Å². The number of amides is 2. The number of nitrogens with zero attached hydrogens (tertiary/aromatic N) is 3. The highest BCUT2D eigenvalue weighted by molar-refractivity contribution is 5.78. The van der Waals surface area contributed by atoms with Gasteiger partial charge in [0.2, 0.25) is 11.8 Å². The number of carbonyl (C=O) groups is 2. The molecule has 6 heteroatoms.